The number of carbonyl (C=O) groups is 2. The number of halogens is 1. The van der Waals surface area contributed by atoms with Gasteiger partial charge in [-0.1, -0.05) is 26.0 Å². The Balaban J connectivity index is 1.47. The van der Waals surface area contributed by atoms with Crippen LogP contribution in [0.4, 0.5) is 4.39 Å². The van der Waals surface area contributed by atoms with Gasteiger partial charge in [-0.15, -0.1) is 0 Å². The fraction of sp³-hybridized carbons (Fsp3) is 0.478. The Morgan fingerprint density at radius 2 is 2.00 bits per heavy atom. The van der Waals surface area contributed by atoms with Gasteiger partial charge in [-0.3, -0.25) is 30.2 Å². The first-order chi connectivity index (χ1) is 15.0. The van der Waals surface area contributed by atoms with E-state index < -0.39 is 5.91 Å². The molecule has 7 nitrogen and oxygen atoms in total. The highest BCUT2D eigenvalue weighted by molar-refractivity contribution is 5.93. The average molecular weight is 431 g/mol. The van der Waals surface area contributed by atoms with Crippen LogP contribution < -0.4 is 10.9 Å². The smallest absolute Gasteiger partial charge is 0.305 e. The molecule has 2 N–H and O–H groups in total. The fourth-order valence-corrected chi connectivity index (χ4v) is 3.84. The maximum Gasteiger partial charge on any atom is 0.305 e. The summed E-state index contributed by atoms with van der Waals surface area (Å²) in [5.74, 6) is -0.333. The summed E-state index contributed by atoms with van der Waals surface area (Å²) >= 11 is 0. The Bertz CT molecular complexity index is 881. The lowest BCUT2D eigenvalue weighted by Crippen LogP contribution is -2.48. The standard InChI is InChI=1S/C23H31FN4O3/c1-3-27(4-2)16-20-10-11-21(31-20)23(30)26-25-22(29)18-8-6-12-28(15-18)14-17-7-5-9-19(24)13-17/h5,7,9-11,13,18H,3-4,6,8,12,14-16H2,1-2H3,(H,25,29)(H,26,30). The number of nitrogens with one attached hydrogen (secondary N) is 2. The van der Waals surface area contributed by atoms with Gasteiger partial charge in [-0.05, 0) is 62.3 Å². The van der Waals surface area contributed by atoms with E-state index in [0.717, 1.165) is 38.0 Å². The second-order valence-electron chi connectivity index (χ2n) is 7.87. The Morgan fingerprint density at radius 3 is 2.74 bits per heavy atom. The molecule has 0 saturated carbocycles. The minimum Gasteiger partial charge on any atom is -0.454 e. The highest BCUT2D eigenvalue weighted by Crippen LogP contribution is 2.19. The molecule has 168 valence electrons. The zero-order valence-electron chi connectivity index (χ0n) is 18.2. The Kier molecular flexibility index (Phi) is 8.20. The summed E-state index contributed by atoms with van der Waals surface area (Å²) in [5.41, 5.74) is 5.85. The molecule has 3 rings (SSSR count). The molecule has 1 aromatic carbocycles. The lowest BCUT2D eigenvalue weighted by atomic mass is 9.97. The molecular weight excluding hydrogens is 399 g/mol. The van der Waals surface area contributed by atoms with Crippen LogP contribution in [-0.4, -0.2) is 47.8 Å². The van der Waals surface area contributed by atoms with Gasteiger partial charge in [0.05, 0.1) is 12.5 Å². The van der Waals surface area contributed by atoms with Crippen molar-refractivity contribution in [2.45, 2.75) is 39.8 Å². The first-order valence-corrected chi connectivity index (χ1v) is 10.9. The number of amides is 2. The molecule has 31 heavy (non-hydrogen) atoms. The molecule has 0 radical (unpaired) electrons. The normalized spacial score (nSPS) is 17.0. The maximum atomic E-state index is 13.4. The van der Waals surface area contributed by atoms with Crippen LogP contribution in [0.3, 0.4) is 0 Å². The van der Waals surface area contributed by atoms with Crippen molar-refractivity contribution in [3.8, 4) is 0 Å². The van der Waals surface area contributed by atoms with Crippen LogP contribution in [0.15, 0.2) is 40.8 Å². The number of hydrogen-bond donors (Lipinski definition) is 2. The van der Waals surface area contributed by atoms with Crippen LogP contribution in [0, 0.1) is 11.7 Å². The van der Waals surface area contributed by atoms with Crippen molar-refractivity contribution in [3.63, 3.8) is 0 Å². The van der Waals surface area contributed by atoms with E-state index in [9.17, 15) is 14.0 Å². The van der Waals surface area contributed by atoms with Crippen molar-refractivity contribution in [2.75, 3.05) is 26.2 Å². The average Bonchev–Trinajstić information content (AvgIpc) is 3.24. The molecule has 1 atom stereocenters. The fourth-order valence-electron chi connectivity index (χ4n) is 3.84. The van der Waals surface area contributed by atoms with Crippen LogP contribution in [0.5, 0.6) is 0 Å². The van der Waals surface area contributed by atoms with Crippen molar-refractivity contribution in [2.24, 2.45) is 5.92 Å². The molecule has 0 spiro atoms. The minimum atomic E-state index is -0.480. The van der Waals surface area contributed by atoms with Crippen LogP contribution >= 0.6 is 0 Å². The molecule has 8 heteroatoms. The third kappa shape index (κ3) is 6.63. The molecule has 1 fully saturated rings. The molecule has 1 saturated heterocycles. The Hall–Kier alpha value is -2.71. The van der Waals surface area contributed by atoms with Crippen LogP contribution in [0.25, 0.3) is 0 Å². The summed E-state index contributed by atoms with van der Waals surface area (Å²) in [6, 6.07) is 9.90. The quantitative estimate of drug-likeness (QED) is 0.630. The first kappa shape index (κ1) is 23.0. The largest absolute Gasteiger partial charge is 0.454 e. The molecule has 1 aromatic heterocycles. The van der Waals surface area contributed by atoms with Crippen molar-refractivity contribution in [1.82, 2.24) is 20.7 Å². The summed E-state index contributed by atoms with van der Waals surface area (Å²) in [7, 11) is 0. The number of likely N-dealkylation sites (tertiary alicyclic amines) is 1. The van der Waals surface area contributed by atoms with Crippen molar-refractivity contribution < 1.29 is 18.4 Å². The SMILES string of the molecule is CCN(CC)Cc1ccc(C(=O)NNC(=O)C2CCCN(Cc3cccc(F)c3)C2)o1. The predicted octanol–water partition coefficient (Wildman–Crippen LogP) is 2.93. The second kappa shape index (κ2) is 11.1. The summed E-state index contributed by atoms with van der Waals surface area (Å²) in [5, 5.41) is 0. The van der Waals surface area contributed by atoms with Crippen molar-refractivity contribution in [3.05, 3.63) is 59.3 Å². The molecule has 2 heterocycles. The lowest BCUT2D eigenvalue weighted by molar-refractivity contribution is -0.127. The number of carbonyl (C=O) groups excluding carboxylic acids is 2. The lowest BCUT2D eigenvalue weighted by Gasteiger charge is -2.31. The van der Waals surface area contributed by atoms with E-state index in [1.165, 1.54) is 12.1 Å². The third-order valence-electron chi connectivity index (χ3n) is 5.63. The monoisotopic (exact) mass is 430 g/mol. The van der Waals surface area contributed by atoms with E-state index in [1.807, 2.05) is 6.07 Å². The Morgan fingerprint density at radius 1 is 1.19 bits per heavy atom. The van der Waals surface area contributed by atoms with Crippen molar-refractivity contribution in [1.29, 1.82) is 0 Å². The van der Waals surface area contributed by atoms with Crippen LogP contribution in [0.1, 0.15) is 48.6 Å². The van der Waals surface area contributed by atoms with E-state index in [2.05, 4.69) is 34.5 Å². The molecule has 2 amide bonds. The van der Waals surface area contributed by atoms with Crippen LogP contribution in [-0.2, 0) is 17.9 Å². The van der Waals surface area contributed by atoms with Gasteiger partial charge in [0.15, 0.2) is 5.76 Å². The topological polar surface area (TPSA) is 77.8 Å². The molecule has 0 aliphatic carbocycles. The van der Waals surface area contributed by atoms with Gasteiger partial charge in [0, 0.05) is 13.1 Å². The maximum absolute atomic E-state index is 13.4. The van der Waals surface area contributed by atoms with Gasteiger partial charge in [-0.2, -0.15) is 0 Å². The van der Waals surface area contributed by atoms with Gasteiger partial charge >= 0.3 is 5.91 Å². The van der Waals surface area contributed by atoms with Gasteiger partial charge in [0.25, 0.3) is 0 Å². The zero-order valence-corrected chi connectivity index (χ0v) is 18.2. The van der Waals surface area contributed by atoms with E-state index >= 15 is 0 Å². The number of furan rings is 1. The second-order valence-corrected chi connectivity index (χ2v) is 7.87. The number of hydrazine groups is 1. The van der Waals surface area contributed by atoms with E-state index in [1.54, 1.807) is 18.2 Å². The highest BCUT2D eigenvalue weighted by atomic mass is 19.1. The van der Waals surface area contributed by atoms with Gasteiger partial charge in [0.2, 0.25) is 5.91 Å². The number of piperidine rings is 1. The molecule has 1 aliphatic heterocycles. The van der Waals surface area contributed by atoms with Gasteiger partial charge < -0.3 is 4.42 Å². The molecule has 2 aromatic rings. The van der Waals surface area contributed by atoms with Crippen molar-refractivity contribution >= 4 is 11.8 Å². The third-order valence-corrected chi connectivity index (χ3v) is 5.63. The number of benzene rings is 1. The first-order valence-electron chi connectivity index (χ1n) is 10.9. The summed E-state index contributed by atoms with van der Waals surface area (Å²) in [6.45, 7) is 8.58. The summed E-state index contributed by atoms with van der Waals surface area (Å²) in [6.07, 6.45) is 1.62. The Labute approximate surface area is 182 Å². The zero-order chi connectivity index (χ0) is 22.2. The number of nitrogens with zero attached hydrogens (tertiary/aromatic N) is 2. The summed E-state index contributed by atoms with van der Waals surface area (Å²) < 4.78 is 19.0. The molecular formula is C23H31FN4O3. The van der Waals surface area contributed by atoms with E-state index in [-0.39, 0.29) is 23.4 Å². The molecule has 1 unspecified atom stereocenters. The molecule has 1 aliphatic rings. The highest BCUT2D eigenvalue weighted by Gasteiger charge is 2.26. The van der Waals surface area contributed by atoms with Gasteiger partial charge in [0.1, 0.15) is 11.6 Å². The predicted molar refractivity (Wildman–Crippen MR) is 115 cm³/mol. The van der Waals surface area contributed by atoms with E-state index in [4.69, 9.17) is 4.42 Å². The minimum absolute atomic E-state index is 0.166. The van der Waals surface area contributed by atoms with E-state index in [0.29, 0.717) is 25.4 Å². The van der Waals surface area contributed by atoms with Gasteiger partial charge in [-0.25, -0.2) is 4.39 Å². The number of rotatable bonds is 8. The summed E-state index contributed by atoms with van der Waals surface area (Å²) in [4.78, 5) is 29.2. The van der Waals surface area contributed by atoms with Crippen LogP contribution in [0.2, 0.25) is 0 Å². The number of hydrogen-bond acceptors (Lipinski definition) is 5. The molecule has 0 bridgehead atoms.